The lowest BCUT2D eigenvalue weighted by Gasteiger charge is -2.45. The molecule has 54 heavy (non-hydrogen) atoms. The van der Waals surface area contributed by atoms with Gasteiger partial charge in [-0.05, 0) is 96.9 Å². The van der Waals surface area contributed by atoms with Crippen LogP contribution >= 0.6 is 0 Å². The normalized spacial score (nSPS) is 17.7. The van der Waals surface area contributed by atoms with Crippen molar-refractivity contribution in [3.63, 3.8) is 0 Å². The van der Waals surface area contributed by atoms with E-state index in [0.717, 1.165) is 13.8 Å². The summed E-state index contributed by atoms with van der Waals surface area (Å²) in [5.74, 6) is -84.5. The molecule has 4 rings (SSSR count). The predicted molar refractivity (Wildman–Crippen MR) is 152 cm³/mol. The molecule has 0 unspecified atom stereocenters. The van der Waals surface area contributed by atoms with Gasteiger partial charge in [-0.2, -0.15) is 87.8 Å². The highest BCUT2D eigenvalue weighted by molar-refractivity contribution is 5.60. The van der Waals surface area contributed by atoms with Crippen molar-refractivity contribution >= 4 is 11.4 Å². The van der Waals surface area contributed by atoms with Gasteiger partial charge in [-0.3, -0.25) is 0 Å². The number of nitrogen functional groups attached to an aromatic ring is 2. The summed E-state index contributed by atoms with van der Waals surface area (Å²) in [4.78, 5) is 0. The van der Waals surface area contributed by atoms with Gasteiger partial charge in [0.15, 0.2) is 0 Å². The van der Waals surface area contributed by atoms with E-state index < -0.39 is 117 Å². The first-order chi connectivity index (χ1) is 24.1. The fourth-order valence-corrected chi connectivity index (χ4v) is 5.83. The lowest BCUT2D eigenvalue weighted by Crippen LogP contribution is -2.76. The van der Waals surface area contributed by atoms with Crippen LogP contribution in [-0.2, 0) is 24.7 Å². The molecule has 0 amide bonds. The van der Waals surface area contributed by atoms with Crippen LogP contribution in [0.1, 0.15) is 84.7 Å². The van der Waals surface area contributed by atoms with Crippen LogP contribution in [0.2, 0.25) is 0 Å². The van der Waals surface area contributed by atoms with Gasteiger partial charge in [-0.15, -0.1) is 0 Å². The number of nitrogens with two attached hydrogens (primary N) is 2. The summed E-state index contributed by atoms with van der Waals surface area (Å²) in [6.07, 6.45) is -0.243. The first-order valence-electron chi connectivity index (χ1n) is 15.7. The van der Waals surface area contributed by atoms with Crippen LogP contribution in [0.5, 0.6) is 0 Å². The summed E-state index contributed by atoms with van der Waals surface area (Å²) >= 11 is 0. The lowest BCUT2D eigenvalue weighted by molar-refractivity contribution is -0.470. The molecule has 2 fully saturated rings. The van der Waals surface area contributed by atoms with Gasteiger partial charge in [0.05, 0.1) is 0 Å². The third kappa shape index (κ3) is 5.66. The fraction of sp³-hybridized carbons (Fsp3) is 0.625. The van der Waals surface area contributed by atoms with Crippen LogP contribution in [0.3, 0.4) is 0 Å². The number of alkyl halides is 20. The van der Waals surface area contributed by atoms with Crippen LogP contribution in [0.15, 0.2) is 24.3 Å². The SMILES string of the molecule is CCc1cc(C(F)(F)C(F)(F)C(F)(F)C(F)(F)C(F)(F)C(F)(F)C(F)(F)C(F)(F)C(F)(F)C(F)(F)c2cc(CC)c(N)c(C3CC3)c2)cc(C2CC2)c1N. The zero-order valence-corrected chi connectivity index (χ0v) is 27.4. The molecule has 0 heterocycles. The molecule has 22 heteroatoms. The van der Waals surface area contributed by atoms with Crippen molar-refractivity contribution in [1.29, 1.82) is 0 Å². The third-order valence-corrected chi connectivity index (χ3v) is 9.67. The Bertz CT molecular complexity index is 1630. The Hall–Kier alpha value is -3.36. The minimum Gasteiger partial charge on any atom is -0.398 e. The average Bonchev–Trinajstić information content (AvgIpc) is 3.98. The van der Waals surface area contributed by atoms with Gasteiger partial charge in [0.25, 0.3) is 0 Å². The molecule has 0 bridgehead atoms. The Labute approximate surface area is 292 Å². The highest BCUT2D eigenvalue weighted by Gasteiger charge is 2.97. The van der Waals surface area contributed by atoms with Crippen molar-refractivity contribution in [2.45, 2.75) is 123 Å². The van der Waals surface area contributed by atoms with E-state index in [0.29, 0.717) is 0 Å². The average molecular weight is 821 g/mol. The highest BCUT2D eigenvalue weighted by Crippen LogP contribution is 2.68. The predicted octanol–water partition coefficient (Wildman–Crippen LogP) is 11.7. The van der Waals surface area contributed by atoms with Gasteiger partial charge in [0.1, 0.15) is 0 Å². The van der Waals surface area contributed by atoms with Gasteiger partial charge in [-0.1, -0.05) is 13.8 Å². The van der Waals surface area contributed by atoms with Crippen LogP contribution in [0, 0.1) is 0 Å². The lowest BCUT2D eigenvalue weighted by atomic mass is 9.83. The molecule has 2 aromatic carbocycles. The molecule has 4 N–H and O–H groups in total. The summed E-state index contributed by atoms with van der Waals surface area (Å²) in [6, 6.07) is -0.164. The van der Waals surface area contributed by atoms with Gasteiger partial charge >= 0.3 is 59.2 Å². The minimum atomic E-state index is -9.11. The number of halogens is 20. The van der Waals surface area contributed by atoms with Gasteiger partial charge in [0, 0.05) is 22.5 Å². The molecule has 0 aliphatic heterocycles. The van der Waals surface area contributed by atoms with Crippen molar-refractivity contribution in [1.82, 2.24) is 0 Å². The zero-order valence-electron chi connectivity index (χ0n) is 27.4. The molecule has 2 nitrogen and oxygen atoms in total. The molecule has 0 aromatic heterocycles. The monoisotopic (exact) mass is 820 g/mol. The Balaban J connectivity index is 1.80. The second-order valence-corrected chi connectivity index (χ2v) is 13.3. The van der Waals surface area contributed by atoms with E-state index in [2.05, 4.69) is 0 Å². The van der Waals surface area contributed by atoms with E-state index in [9.17, 15) is 70.2 Å². The first kappa shape index (κ1) is 43.4. The molecule has 306 valence electrons. The van der Waals surface area contributed by atoms with Crippen LogP contribution < -0.4 is 11.5 Å². The minimum absolute atomic E-state index is 0.0177. The number of aryl methyl sites for hydroxylation is 2. The van der Waals surface area contributed by atoms with Gasteiger partial charge < -0.3 is 11.5 Å². The molecule has 0 radical (unpaired) electrons. The number of hydrogen-bond acceptors (Lipinski definition) is 2. The molecule has 2 aliphatic rings. The van der Waals surface area contributed by atoms with Gasteiger partial charge in [0.2, 0.25) is 0 Å². The number of benzene rings is 2. The Kier molecular flexibility index (Phi) is 10.1. The second-order valence-electron chi connectivity index (χ2n) is 13.3. The van der Waals surface area contributed by atoms with Crippen molar-refractivity contribution < 1.29 is 87.8 Å². The molecule has 0 atom stereocenters. The van der Waals surface area contributed by atoms with Crippen molar-refractivity contribution in [2.75, 3.05) is 11.5 Å². The molecule has 2 aliphatic carbocycles. The standard InChI is InChI=1S/C32H28F20N2/c1-3-13-9-17(11-19(21(13)53)15-5-6-15)23(33,34)25(37,38)27(41,42)29(45,46)31(49,50)32(51,52)30(47,48)28(43,44)26(39,40)24(35,36)18-10-14(4-2)22(54)20(12-18)16-7-8-16/h9-12,15-16H,3-8,53-54H2,1-2H3. The molecule has 2 aromatic rings. The Morgan fingerprint density at radius 2 is 0.630 bits per heavy atom. The van der Waals surface area contributed by atoms with Crippen LogP contribution in [-0.4, -0.2) is 47.4 Å². The van der Waals surface area contributed by atoms with E-state index in [1.54, 1.807) is 0 Å². The molecule has 2 saturated carbocycles. The molecular weight excluding hydrogens is 792 g/mol. The summed E-state index contributed by atoms with van der Waals surface area (Å²) in [6.45, 7) is 2.29. The molecule has 0 saturated heterocycles. The van der Waals surface area contributed by atoms with Crippen LogP contribution in [0.4, 0.5) is 99.2 Å². The summed E-state index contributed by atoms with van der Waals surface area (Å²) < 4.78 is 296. The van der Waals surface area contributed by atoms with Crippen molar-refractivity contribution in [2.24, 2.45) is 0 Å². The third-order valence-electron chi connectivity index (χ3n) is 9.67. The molecule has 0 spiro atoms. The fourth-order valence-electron chi connectivity index (χ4n) is 5.83. The highest BCUT2D eigenvalue weighted by atomic mass is 19.4. The quantitative estimate of drug-likeness (QED) is 0.139. The van der Waals surface area contributed by atoms with Crippen LogP contribution in [0.25, 0.3) is 0 Å². The maximum Gasteiger partial charge on any atom is 0.385 e. The summed E-state index contributed by atoms with van der Waals surface area (Å²) in [5, 5.41) is 0. The zero-order chi connectivity index (χ0) is 41.8. The van der Waals surface area contributed by atoms with Crippen molar-refractivity contribution in [3.05, 3.63) is 57.6 Å². The largest absolute Gasteiger partial charge is 0.398 e. The van der Waals surface area contributed by atoms with E-state index in [1.807, 2.05) is 0 Å². The molecular formula is C32H28F20N2. The maximum absolute atomic E-state index is 15.1. The first-order valence-corrected chi connectivity index (χ1v) is 15.7. The Morgan fingerprint density at radius 1 is 0.407 bits per heavy atom. The van der Waals surface area contributed by atoms with Crippen molar-refractivity contribution in [3.8, 4) is 0 Å². The van der Waals surface area contributed by atoms with Gasteiger partial charge in [-0.25, -0.2) is 0 Å². The Morgan fingerprint density at radius 3 is 0.833 bits per heavy atom. The smallest absolute Gasteiger partial charge is 0.385 e. The maximum atomic E-state index is 15.1. The van der Waals surface area contributed by atoms with E-state index in [1.165, 1.54) is 0 Å². The number of hydrogen-bond donors (Lipinski definition) is 2. The summed E-state index contributed by atoms with van der Waals surface area (Å²) in [7, 11) is 0. The van der Waals surface area contributed by atoms with E-state index in [-0.39, 0.29) is 61.3 Å². The van der Waals surface area contributed by atoms with E-state index in [4.69, 9.17) is 11.5 Å². The van der Waals surface area contributed by atoms with E-state index >= 15 is 17.6 Å². The second kappa shape index (κ2) is 12.6. The topological polar surface area (TPSA) is 52.0 Å². The number of rotatable bonds is 15. The summed E-state index contributed by atoms with van der Waals surface area (Å²) in [5.41, 5.74) is 4.14. The number of anilines is 2.